The first-order valence-electron chi connectivity index (χ1n) is 9.49. The number of nitrogens with two attached hydrogens (primary N) is 1. The number of anilines is 1. The standard InChI is InChI=1S/C21H24N6S/c1-13-20(14(2)26(3)25-13)18-9-16(17(10-22)21(23)24-18)19-8-15(12-28-19)11-27-6-4-5-7-27/h8-9,12H,4-7,11H2,1-3H3,(H2,23,24). The van der Waals surface area contributed by atoms with Crippen LogP contribution in [0.25, 0.3) is 21.7 Å². The van der Waals surface area contributed by atoms with Crippen molar-refractivity contribution in [3.05, 3.63) is 40.0 Å². The second kappa shape index (κ2) is 7.38. The molecular formula is C21H24N6S. The molecule has 0 unspecified atom stereocenters. The van der Waals surface area contributed by atoms with Crippen molar-refractivity contribution in [1.29, 1.82) is 5.26 Å². The molecule has 0 aliphatic carbocycles. The highest BCUT2D eigenvalue weighted by molar-refractivity contribution is 7.13. The Morgan fingerprint density at radius 3 is 2.64 bits per heavy atom. The van der Waals surface area contributed by atoms with Crippen LogP contribution < -0.4 is 5.73 Å². The lowest BCUT2D eigenvalue weighted by Crippen LogP contribution is -2.17. The van der Waals surface area contributed by atoms with Gasteiger partial charge in [-0.1, -0.05) is 0 Å². The van der Waals surface area contributed by atoms with Crippen molar-refractivity contribution in [3.8, 4) is 27.8 Å². The molecule has 0 saturated carbocycles. The van der Waals surface area contributed by atoms with E-state index in [0.29, 0.717) is 5.56 Å². The van der Waals surface area contributed by atoms with E-state index in [2.05, 4.69) is 32.5 Å². The summed E-state index contributed by atoms with van der Waals surface area (Å²) < 4.78 is 1.85. The van der Waals surface area contributed by atoms with Crippen molar-refractivity contribution >= 4 is 17.2 Å². The van der Waals surface area contributed by atoms with E-state index >= 15 is 0 Å². The van der Waals surface area contributed by atoms with Gasteiger partial charge in [-0.25, -0.2) is 4.98 Å². The lowest BCUT2D eigenvalue weighted by molar-refractivity contribution is 0.332. The lowest BCUT2D eigenvalue weighted by Gasteiger charge is -2.12. The number of likely N-dealkylation sites (tertiary alicyclic amines) is 1. The smallest absolute Gasteiger partial charge is 0.142 e. The Bertz CT molecular complexity index is 1070. The predicted molar refractivity (Wildman–Crippen MR) is 113 cm³/mol. The van der Waals surface area contributed by atoms with Crippen LogP contribution in [0.4, 0.5) is 5.82 Å². The normalized spacial score (nSPS) is 14.5. The first-order chi connectivity index (χ1) is 13.5. The second-order valence-electron chi connectivity index (χ2n) is 7.40. The van der Waals surface area contributed by atoms with E-state index in [4.69, 9.17) is 5.73 Å². The Morgan fingerprint density at radius 2 is 2.00 bits per heavy atom. The van der Waals surface area contributed by atoms with E-state index in [0.717, 1.165) is 39.6 Å². The van der Waals surface area contributed by atoms with E-state index in [9.17, 15) is 5.26 Å². The van der Waals surface area contributed by atoms with Crippen LogP contribution in [0, 0.1) is 25.2 Å². The van der Waals surface area contributed by atoms with Crippen LogP contribution in [-0.4, -0.2) is 32.8 Å². The van der Waals surface area contributed by atoms with Crippen molar-refractivity contribution in [3.63, 3.8) is 0 Å². The second-order valence-corrected chi connectivity index (χ2v) is 8.31. The third-order valence-electron chi connectivity index (χ3n) is 5.45. The summed E-state index contributed by atoms with van der Waals surface area (Å²) in [7, 11) is 1.92. The van der Waals surface area contributed by atoms with Crippen LogP contribution in [0.3, 0.4) is 0 Å². The van der Waals surface area contributed by atoms with Crippen LogP contribution in [-0.2, 0) is 13.6 Å². The van der Waals surface area contributed by atoms with Crippen molar-refractivity contribution in [2.75, 3.05) is 18.8 Å². The molecule has 144 valence electrons. The maximum atomic E-state index is 9.68. The summed E-state index contributed by atoms with van der Waals surface area (Å²) in [5.41, 5.74) is 12.5. The molecule has 3 aromatic heterocycles. The Labute approximate surface area is 169 Å². The summed E-state index contributed by atoms with van der Waals surface area (Å²) in [5, 5.41) is 16.4. The van der Waals surface area contributed by atoms with Crippen molar-refractivity contribution < 1.29 is 0 Å². The Kier molecular flexibility index (Phi) is 4.92. The highest BCUT2D eigenvalue weighted by atomic mass is 32.1. The van der Waals surface area contributed by atoms with Gasteiger partial charge >= 0.3 is 0 Å². The molecule has 7 heteroatoms. The topological polar surface area (TPSA) is 83.8 Å². The molecule has 2 N–H and O–H groups in total. The fourth-order valence-electron chi connectivity index (χ4n) is 3.95. The van der Waals surface area contributed by atoms with Crippen molar-refractivity contribution in [2.45, 2.75) is 33.2 Å². The minimum Gasteiger partial charge on any atom is -0.383 e. The molecular weight excluding hydrogens is 368 g/mol. The zero-order chi connectivity index (χ0) is 19.8. The zero-order valence-corrected chi connectivity index (χ0v) is 17.3. The number of aromatic nitrogens is 3. The van der Waals surface area contributed by atoms with E-state index < -0.39 is 0 Å². The number of hydrogen-bond acceptors (Lipinski definition) is 6. The van der Waals surface area contributed by atoms with Crippen LogP contribution in [0.2, 0.25) is 0 Å². The minimum absolute atomic E-state index is 0.271. The van der Waals surface area contributed by atoms with Gasteiger partial charge in [0.05, 0.1) is 11.4 Å². The molecule has 3 aromatic rings. The molecule has 28 heavy (non-hydrogen) atoms. The fourth-order valence-corrected chi connectivity index (χ4v) is 4.88. The average molecular weight is 393 g/mol. The van der Waals surface area contributed by atoms with Gasteiger partial charge in [-0.15, -0.1) is 11.3 Å². The fraction of sp³-hybridized carbons (Fsp3) is 0.381. The van der Waals surface area contributed by atoms with Gasteiger partial charge in [0.15, 0.2) is 0 Å². The molecule has 1 saturated heterocycles. The quantitative estimate of drug-likeness (QED) is 0.728. The summed E-state index contributed by atoms with van der Waals surface area (Å²) >= 11 is 1.66. The third kappa shape index (κ3) is 3.30. The van der Waals surface area contributed by atoms with Gasteiger partial charge in [0.25, 0.3) is 0 Å². The Balaban J connectivity index is 1.77. The molecule has 0 atom stereocenters. The summed E-state index contributed by atoms with van der Waals surface area (Å²) in [5.74, 6) is 0.271. The number of nitrogens with zero attached hydrogens (tertiary/aromatic N) is 5. The van der Waals surface area contributed by atoms with Crippen molar-refractivity contribution in [1.82, 2.24) is 19.7 Å². The van der Waals surface area contributed by atoms with Crippen LogP contribution in [0.1, 0.15) is 35.4 Å². The monoisotopic (exact) mass is 392 g/mol. The number of aryl methyl sites for hydroxylation is 2. The first kappa shape index (κ1) is 18.7. The predicted octanol–water partition coefficient (Wildman–Crippen LogP) is 3.88. The van der Waals surface area contributed by atoms with Gasteiger partial charge in [-0.05, 0) is 62.9 Å². The summed E-state index contributed by atoms with van der Waals surface area (Å²) in [4.78, 5) is 8.06. The molecule has 4 rings (SSSR count). The lowest BCUT2D eigenvalue weighted by atomic mass is 10.0. The molecule has 6 nitrogen and oxygen atoms in total. The molecule has 1 aliphatic heterocycles. The average Bonchev–Trinajstić information content (AvgIpc) is 3.38. The highest BCUT2D eigenvalue weighted by Gasteiger charge is 2.20. The number of nitriles is 1. The molecule has 0 amide bonds. The molecule has 4 heterocycles. The van der Waals surface area contributed by atoms with Crippen LogP contribution in [0.5, 0.6) is 0 Å². The molecule has 0 bridgehead atoms. The molecule has 0 aromatic carbocycles. The van der Waals surface area contributed by atoms with Crippen molar-refractivity contribution in [2.24, 2.45) is 7.05 Å². The maximum Gasteiger partial charge on any atom is 0.142 e. The van der Waals surface area contributed by atoms with Gasteiger partial charge in [-0.2, -0.15) is 10.4 Å². The van der Waals surface area contributed by atoms with Gasteiger partial charge < -0.3 is 5.73 Å². The number of hydrogen-bond donors (Lipinski definition) is 1. The number of pyridine rings is 1. The van der Waals surface area contributed by atoms with E-state index in [1.54, 1.807) is 11.3 Å². The van der Waals surface area contributed by atoms with Crippen LogP contribution >= 0.6 is 11.3 Å². The van der Waals surface area contributed by atoms with E-state index in [1.807, 2.05) is 31.6 Å². The Morgan fingerprint density at radius 1 is 1.25 bits per heavy atom. The van der Waals surface area contributed by atoms with Gasteiger partial charge in [-0.3, -0.25) is 9.58 Å². The summed E-state index contributed by atoms with van der Waals surface area (Å²) in [6.45, 7) is 7.29. The van der Waals surface area contributed by atoms with Gasteiger partial charge in [0.2, 0.25) is 0 Å². The van der Waals surface area contributed by atoms with Crippen LogP contribution in [0.15, 0.2) is 17.5 Å². The van der Waals surface area contributed by atoms with E-state index in [-0.39, 0.29) is 5.82 Å². The highest BCUT2D eigenvalue weighted by Crippen LogP contribution is 2.36. The van der Waals surface area contributed by atoms with Gasteiger partial charge in [0, 0.05) is 35.3 Å². The maximum absolute atomic E-state index is 9.68. The third-order valence-corrected chi connectivity index (χ3v) is 6.46. The van der Waals surface area contributed by atoms with E-state index in [1.165, 1.54) is 31.5 Å². The zero-order valence-electron chi connectivity index (χ0n) is 16.5. The molecule has 1 aliphatic rings. The number of thiophene rings is 1. The molecule has 0 radical (unpaired) electrons. The number of rotatable bonds is 4. The molecule has 0 spiro atoms. The molecule has 1 fully saturated rings. The SMILES string of the molecule is Cc1nn(C)c(C)c1-c1cc(-c2cc(CN3CCCC3)cs2)c(C#N)c(N)n1. The minimum atomic E-state index is 0.271. The Hall–Kier alpha value is -2.69. The van der Waals surface area contributed by atoms with Gasteiger partial charge in [0.1, 0.15) is 17.5 Å². The summed E-state index contributed by atoms with van der Waals surface area (Å²) in [6.07, 6.45) is 2.56. The number of nitrogen functional groups attached to an aromatic ring is 1. The largest absolute Gasteiger partial charge is 0.383 e. The first-order valence-corrected chi connectivity index (χ1v) is 10.4. The summed E-state index contributed by atoms with van der Waals surface area (Å²) in [6, 6.07) is 6.42.